The molecule has 0 aromatic carbocycles. The van der Waals surface area contributed by atoms with E-state index in [-0.39, 0.29) is 19.1 Å². The molecule has 72 valence electrons. The first-order valence-corrected chi connectivity index (χ1v) is 4.40. The topological polar surface area (TPSA) is 52.6 Å². The summed E-state index contributed by atoms with van der Waals surface area (Å²) in [6.07, 6.45) is 0. The van der Waals surface area contributed by atoms with Gasteiger partial charge in [-0.25, -0.2) is 0 Å². The van der Waals surface area contributed by atoms with Gasteiger partial charge in [-0.3, -0.25) is 9.69 Å². The fraction of sp³-hybridized carbons (Fsp3) is 0.500. The largest absolute Gasteiger partial charge is 0.395 e. The third-order valence-corrected chi connectivity index (χ3v) is 2.08. The van der Waals surface area contributed by atoms with E-state index in [0.29, 0.717) is 10.8 Å². The van der Waals surface area contributed by atoms with Crippen LogP contribution >= 0.6 is 12.2 Å². The fourth-order valence-corrected chi connectivity index (χ4v) is 1.37. The number of thiocarbonyl (C=S) groups is 1. The zero-order valence-electron chi connectivity index (χ0n) is 7.63. The monoisotopic (exact) mass is 200 g/mol. The van der Waals surface area contributed by atoms with Crippen LogP contribution < -0.4 is 5.32 Å². The van der Waals surface area contributed by atoms with Crippen LogP contribution in [0.3, 0.4) is 0 Å². The number of hydrogen-bond acceptors (Lipinski definition) is 3. The summed E-state index contributed by atoms with van der Waals surface area (Å²) in [6.45, 7) is 3.85. The molecule has 2 N–H and O–H groups in total. The van der Waals surface area contributed by atoms with E-state index in [9.17, 15) is 4.79 Å². The number of aliphatic hydroxyl groups is 1. The second kappa shape index (κ2) is 3.85. The normalized spacial score (nSPS) is 16.5. The Bertz CT molecular complexity index is 282. The first kappa shape index (κ1) is 10.1. The van der Waals surface area contributed by atoms with Crippen molar-refractivity contribution in [1.29, 1.82) is 0 Å². The van der Waals surface area contributed by atoms with Gasteiger partial charge in [-0.2, -0.15) is 0 Å². The summed E-state index contributed by atoms with van der Waals surface area (Å²) in [5, 5.41) is 11.9. The Kier molecular flexibility index (Phi) is 3.00. The minimum atomic E-state index is -0.154. The standard InChI is InChI=1S/C8H12N2O2S/c1-5(2)6-7(12)10(3-4-11)8(13)9-6/h11H,3-4H2,1-2H3,(H,9,13). The number of nitrogens with zero attached hydrogens (tertiary/aromatic N) is 1. The van der Waals surface area contributed by atoms with Crippen molar-refractivity contribution in [2.24, 2.45) is 0 Å². The second-order valence-electron chi connectivity index (χ2n) is 2.99. The minimum Gasteiger partial charge on any atom is -0.395 e. The van der Waals surface area contributed by atoms with Crippen molar-refractivity contribution >= 4 is 23.2 Å². The number of β-amino-alcohol motifs (C(OH)–C–C–N with tert-alkyl or cyclic N) is 1. The summed E-state index contributed by atoms with van der Waals surface area (Å²) in [4.78, 5) is 12.9. The molecule has 0 atom stereocenters. The zero-order valence-corrected chi connectivity index (χ0v) is 8.44. The van der Waals surface area contributed by atoms with Crippen LogP contribution in [-0.2, 0) is 4.79 Å². The Morgan fingerprint density at radius 3 is 2.62 bits per heavy atom. The number of rotatable bonds is 2. The first-order chi connectivity index (χ1) is 6.07. The zero-order chi connectivity index (χ0) is 10.0. The Morgan fingerprint density at radius 1 is 1.62 bits per heavy atom. The van der Waals surface area contributed by atoms with E-state index in [2.05, 4.69) is 5.32 Å². The molecule has 0 aliphatic carbocycles. The highest BCUT2D eigenvalue weighted by molar-refractivity contribution is 7.80. The van der Waals surface area contributed by atoms with Crippen LogP contribution in [0.1, 0.15) is 13.8 Å². The predicted molar refractivity (Wildman–Crippen MR) is 52.9 cm³/mol. The van der Waals surface area contributed by atoms with E-state index in [4.69, 9.17) is 17.3 Å². The predicted octanol–water partition coefficient (Wildman–Crippen LogP) is -0.0107. The fourth-order valence-electron chi connectivity index (χ4n) is 1.10. The summed E-state index contributed by atoms with van der Waals surface area (Å²) in [6, 6.07) is 0. The maximum atomic E-state index is 11.6. The van der Waals surface area contributed by atoms with E-state index in [1.165, 1.54) is 4.90 Å². The summed E-state index contributed by atoms with van der Waals surface area (Å²) in [5.41, 5.74) is 1.42. The van der Waals surface area contributed by atoms with Crippen LogP contribution in [0.5, 0.6) is 0 Å². The van der Waals surface area contributed by atoms with Gasteiger partial charge < -0.3 is 10.4 Å². The van der Waals surface area contributed by atoms with Gasteiger partial charge in [-0.15, -0.1) is 0 Å². The molecular formula is C8H12N2O2S. The Balaban J connectivity index is 2.88. The molecule has 0 aromatic rings. The number of aliphatic hydroxyl groups excluding tert-OH is 1. The van der Waals surface area contributed by atoms with E-state index in [0.717, 1.165) is 5.57 Å². The van der Waals surface area contributed by atoms with Crippen LogP contribution in [-0.4, -0.2) is 34.2 Å². The molecule has 4 nitrogen and oxygen atoms in total. The van der Waals surface area contributed by atoms with Crippen LogP contribution in [0.15, 0.2) is 11.3 Å². The molecule has 1 heterocycles. The van der Waals surface area contributed by atoms with Crippen molar-refractivity contribution in [3.05, 3.63) is 11.3 Å². The van der Waals surface area contributed by atoms with Gasteiger partial charge >= 0.3 is 0 Å². The molecular weight excluding hydrogens is 188 g/mol. The maximum absolute atomic E-state index is 11.6. The number of nitrogens with one attached hydrogen (secondary N) is 1. The third-order valence-electron chi connectivity index (χ3n) is 1.76. The highest BCUT2D eigenvalue weighted by atomic mass is 32.1. The summed E-state index contributed by atoms with van der Waals surface area (Å²) >= 11 is 4.93. The van der Waals surface area contributed by atoms with Gasteiger partial charge in [0.05, 0.1) is 13.2 Å². The van der Waals surface area contributed by atoms with Gasteiger partial charge in [0.15, 0.2) is 5.11 Å². The first-order valence-electron chi connectivity index (χ1n) is 3.99. The molecule has 13 heavy (non-hydrogen) atoms. The molecule has 1 saturated heterocycles. The van der Waals surface area contributed by atoms with E-state index in [1.54, 1.807) is 0 Å². The van der Waals surface area contributed by atoms with Crippen LogP contribution in [0, 0.1) is 0 Å². The lowest BCUT2D eigenvalue weighted by Gasteiger charge is -2.10. The highest BCUT2D eigenvalue weighted by Crippen LogP contribution is 2.12. The molecule has 0 unspecified atom stereocenters. The summed E-state index contributed by atoms with van der Waals surface area (Å²) in [7, 11) is 0. The van der Waals surface area contributed by atoms with Gasteiger partial charge in [0.1, 0.15) is 5.70 Å². The number of carbonyl (C=O) groups excluding carboxylic acids is 1. The van der Waals surface area contributed by atoms with Crippen molar-refractivity contribution in [3.8, 4) is 0 Å². The van der Waals surface area contributed by atoms with Crippen molar-refractivity contribution in [3.63, 3.8) is 0 Å². The maximum Gasteiger partial charge on any atom is 0.276 e. The van der Waals surface area contributed by atoms with Crippen molar-refractivity contribution in [2.75, 3.05) is 13.2 Å². The van der Waals surface area contributed by atoms with Crippen LogP contribution in [0.25, 0.3) is 0 Å². The molecule has 0 saturated carbocycles. The van der Waals surface area contributed by atoms with E-state index < -0.39 is 0 Å². The number of carbonyl (C=O) groups is 1. The minimum absolute atomic E-state index is 0.0798. The lowest BCUT2D eigenvalue weighted by Crippen LogP contribution is -2.33. The second-order valence-corrected chi connectivity index (χ2v) is 3.37. The summed E-state index contributed by atoms with van der Waals surface area (Å²) < 4.78 is 0. The average molecular weight is 200 g/mol. The lowest BCUT2D eigenvalue weighted by molar-refractivity contribution is -0.122. The van der Waals surface area contributed by atoms with Gasteiger partial charge in [0.2, 0.25) is 0 Å². The van der Waals surface area contributed by atoms with E-state index in [1.807, 2.05) is 13.8 Å². The van der Waals surface area contributed by atoms with E-state index >= 15 is 0 Å². The Morgan fingerprint density at radius 2 is 2.23 bits per heavy atom. The molecule has 0 spiro atoms. The van der Waals surface area contributed by atoms with Crippen molar-refractivity contribution in [2.45, 2.75) is 13.8 Å². The third kappa shape index (κ3) is 1.87. The van der Waals surface area contributed by atoms with Crippen LogP contribution in [0.2, 0.25) is 0 Å². The number of allylic oxidation sites excluding steroid dienone is 1. The summed E-state index contributed by atoms with van der Waals surface area (Å²) in [5.74, 6) is -0.154. The molecule has 0 radical (unpaired) electrons. The Labute approximate surface area is 82.2 Å². The molecule has 1 fully saturated rings. The molecule has 5 heteroatoms. The Hall–Kier alpha value is -0.940. The molecule has 0 aromatic heterocycles. The lowest BCUT2D eigenvalue weighted by atomic mass is 10.2. The van der Waals surface area contributed by atoms with Crippen molar-refractivity contribution < 1.29 is 9.90 Å². The molecule has 1 aliphatic rings. The van der Waals surface area contributed by atoms with Gasteiger partial charge in [0, 0.05) is 0 Å². The number of amides is 1. The van der Waals surface area contributed by atoms with Crippen LogP contribution in [0.4, 0.5) is 0 Å². The quantitative estimate of drug-likeness (QED) is 0.486. The number of hydrogen-bond donors (Lipinski definition) is 2. The molecule has 1 aliphatic heterocycles. The van der Waals surface area contributed by atoms with Gasteiger partial charge in [-0.05, 0) is 31.6 Å². The smallest absolute Gasteiger partial charge is 0.276 e. The van der Waals surface area contributed by atoms with Gasteiger partial charge in [-0.1, -0.05) is 0 Å². The SMILES string of the molecule is CC(C)=C1NC(=S)N(CCO)C1=O. The van der Waals surface area contributed by atoms with Crippen molar-refractivity contribution in [1.82, 2.24) is 10.2 Å². The molecule has 1 rings (SSSR count). The molecule has 0 bridgehead atoms. The molecule has 1 amide bonds. The highest BCUT2D eigenvalue weighted by Gasteiger charge is 2.30. The van der Waals surface area contributed by atoms with Gasteiger partial charge in [0.25, 0.3) is 5.91 Å². The average Bonchev–Trinajstić information content (AvgIpc) is 2.32.